The van der Waals surface area contributed by atoms with E-state index in [0.29, 0.717) is 19.5 Å². The summed E-state index contributed by atoms with van der Waals surface area (Å²) in [4.78, 5) is 0. The van der Waals surface area contributed by atoms with Crippen LogP contribution in [0.4, 0.5) is 17.6 Å². The fraction of sp³-hybridized carbons (Fsp3) is 1.00. The zero-order valence-corrected chi connectivity index (χ0v) is 6.49. The number of alkyl halides is 4. The van der Waals surface area contributed by atoms with Gasteiger partial charge in [0.25, 0.3) is 0 Å². The van der Waals surface area contributed by atoms with Crippen molar-refractivity contribution in [1.82, 2.24) is 5.32 Å². The van der Waals surface area contributed by atoms with Crippen molar-refractivity contribution >= 4 is 0 Å². The molecule has 0 bridgehead atoms. The summed E-state index contributed by atoms with van der Waals surface area (Å²) in [6, 6.07) is 0. The van der Waals surface area contributed by atoms with Gasteiger partial charge in [-0.1, -0.05) is 0 Å². The van der Waals surface area contributed by atoms with E-state index in [9.17, 15) is 17.6 Å². The summed E-state index contributed by atoms with van der Waals surface area (Å²) >= 11 is 0. The molecule has 0 aromatic carbocycles. The first-order valence-electron chi connectivity index (χ1n) is 3.89. The van der Waals surface area contributed by atoms with E-state index in [-0.39, 0.29) is 5.92 Å². The van der Waals surface area contributed by atoms with E-state index in [1.165, 1.54) is 0 Å². The molecular formula is C7H11F4N. The zero-order valence-electron chi connectivity index (χ0n) is 6.49. The van der Waals surface area contributed by atoms with Crippen LogP contribution in [0.2, 0.25) is 0 Å². The molecule has 1 rings (SSSR count). The molecule has 1 heterocycles. The Balaban J connectivity index is 2.37. The van der Waals surface area contributed by atoms with E-state index in [2.05, 4.69) is 5.32 Å². The van der Waals surface area contributed by atoms with Crippen LogP contribution in [0.1, 0.15) is 12.8 Å². The Hall–Kier alpha value is -0.320. The predicted octanol–water partition coefficient (Wildman–Crippen LogP) is 1.89. The molecule has 1 unspecified atom stereocenters. The van der Waals surface area contributed by atoms with Gasteiger partial charge in [0.15, 0.2) is 0 Å². The van der Waals surface area contributed by atoms with Crippen LogP contribution >= 0.6 is 0 Å². The summed E-state index contributed by atoms with van der Waals surface area (Å²) in [5.41, 5.74) is 0. The van der Waals surface area contributed by atoms with Crippen LogP contribution in [0.3, 0.4) is 0 Å². The Kier molecular flexibility index (Phi) is 2.93. The largest absolute Gasteiger partial charge is 0.316 e. The second-order valence-electron chi connectivity index (χ2n) is 3.12. The van der Waals surface area contributed by atoms with Gasteiger partial charge in [-0.15, -0.1) is 0 Å². The minimum atomic E-state index is -3.81. The van der Waals surface area contributed by atoms with E-state index in [4.69, 9.17) is 0 Å². The molecule has 1 aliphatic heterocycles. The van der Waals surface area contributed by atoms with E-state index in [1.54, 1.807) is 0 Å². The molecule has 1 N–H and O–H groups in total. The van der Waals surface area contributed by atoms with E-state index < -0.39 is 18.8 Å². The number of halogens is 4. The lowest BCUT2D eigenvalue weighted by atomic mass is 10.0. The molecule has 1 fully saturated rings. The molecule has 0 aliphatic carbocycles. The first-order valence-corrected chi connectivity index (χ1v) is 3.89. The third-order valence-electron chi connectivity index (χ3n) is 2.04. The molecule has 0 radical (unpaired) electrons. The molecule has 0 amide bonds. The van der Waals surface area contributed by atoms with Crippen molar-refractivity contribution in [1.29, 1.82) is 0 Å². The monoisotopic (exact) mass is 185 g/mol. The lowest BCUT2D eigenvalue weighted by Gasteiger charge is -2.18. The highest BCUT2D eigenvalue weighted by molar-refractivity contribution is 4.79. The number of hydrogen-bond donors (Lipinski definition) is 1. The molecular weight excluding hydrogens is 174 g/mol. The topological polar surface area (TPSA) is 12.0 Å². The molecule has 1 atom stereocenters. The standard InChI is InChI=1S/C7H11F4N/c8-6(9)7(10,11)3-5-1-2-12-4-5/h5-6,12H,1-4H2. The van der Waals surface area contributed by atoms with Crippen molar-refractivity contribution in [2.75, 3.05) is 13.1 Å². The third-order valence-corrected chi connectivity index (χ3v) is 2.04. The van der Waals surface area contributed by atoms with E-state index >= 15 is 0 Å². The van der Waals surface area contributed by atoms with Gasteiger partial charge in [-0.3, -0.25) is 0 Å². The van der Waals surface area contributed by atoms with Gasteiger partial charge < -0.3 is 5.32 Å². The molecule has 1 nitrogen and oxygen atoms in total. The summed E-state index contributed by atoms with van der Waals surface area (Å²) in [5.74, 6) is -4.11. The predicted molar refractivity (Wildman–Crippen MR) is 36.5 cm³/mol. The van der Waals surface area contributed by atoms with Crippen molar-refractivity contribution in [3.05, 3.63) is 0 Å². The first kappa shape index (κ1) is 9.77. The quantitative estimate of drug-likeness (QED) is 0.662. The Morgan fingerprint density at radius 2 is 2.08 bits per heavy atom. The van der Waals surface area contributed by atoms with Crippen LogP contribution < -0.4 is 5.32 Å². The lowest BCUT2D eigenvalue weighted by Crippen LogP contribution is -2.30. The van der Waals surface area contributed by atoms with Gasteiger partial charge >= 0.3 is 12.3 Å². The maximum absolute atomic E-state index is 12.4. The van der Waals surface area contributed by atoms with E-state index in [1.807, 2.05) is 0 Å². The maximum atomic E-state index is 12.4. The molecule has 0 spiro atoms. The van der Waals surface area contributed by atoms with Crippen LogP contribution in [-0.2, 0) is 0 Å². The second-order valence-corrected chi connectivity index (χ2v) is 3.12. The van der Waals surface area contributed by atoms with Gasteiger partial charge in [0.1, 0.15) is 0 Å². The van der Waals surface area contributed by atoms with Gasteiger partial charge in [-0.05, 0) is 25.4 Å². The van der Waals surface area contributed by atoms with Crippen LogP contribution in [0.15, 0.2) is 0 Å². The highest BCUT2D eigenvalue weighted by atomic mass is 19.3. The highest BCUT2D eigenvalue weighted by Gasteiger charge is 2.42. The minimum Gasteiger partial charge on any atom is -0.316 e. The van der Waals surface area contributed by atoms with Gasteiger partial charge in [-0.2, -0.15) is 0 Å². The molecule has 0 aromatic rings. The SMILES string of the molecule is FC(F)C(F)(F)CC1CCNC1. The zero-order chi connectivity index (χ0) is 9.19. The van der Waals surface area contributed by atoms with Crippen molar-refractivity contribution < 1.29 is 17.6 Å². The number of rotatable bonds is 3. The maximum Gasteiger partial charge on any atom is 0.307 e. The van der Waals surface area contributed by atoms with E-state index in [0.717, 1.165) is 0 Å². The Labute approximate surface area is 68.1 Å². The van der Waals surface area contributed by atoms with Crippen LogP contribution in [-0.4, -0.2) is 25.4 Å². The minimum absolute atomic E-state index is 0.297. The summed E-state index contributed by atoms with van der Waals surface area (Å²) < 4.78 is 48.2. The van der Waals surface area contributed by atoms with Crippen LogP contribution in [0.25, 0.3) is 0 Å². The van der Waals surface area contributed by atoms with Crippen LogP contribution in [0, 0.1) is 5.92 Å². The van der Waals surface area contributed by atoms with Crippen molar-refractivity contribution in [2.24, 2.45) is 5.92 Å². The molecule has 1 saturated heterocycles. The summed E-state index contributed by atoms with van der Waals surface area (Å²) in [6.07, 6.45) is -3.65. The number of hydrogen-bond acceptors (Lipinski definition) is 1. The van der Waals surface area contributed by atoms with Gasteiger partial charge in [0.05, 0.1) is 0 Å². The van der Waals surface area contributed by atoms with Gasteiger partial charge in [0, 0.05) is 6.42 Å². The fourth-order valence-electron chi connectivity index (χ4n) is 1.36. The average molecular weight is 185 g/mol. The molecule has 12 heavy (non-hydrogen) atoms. The second kappa shape index (κ2) is 3.60. The Morgan fingerprint density at radius 3 is 2.50 bits per heavy atom. The highest BCUT2D eigenvalue weighted by Crippen LogP contribution is 2.32. The summed E-state index contributed by atoms with van der Waals surface area (Å²) in [6.45, 7) is 1.09. The van der Waals surface area contributed by atoms with Gasteiger partial charge in [0.2, 0.25) is 0 Å². The van der Waals surface area contributed by atoms with Crippen molar-refractivity contribution in [2.45, 2.75) is 25.2 Å². The smallest absolute Gasteiger partial charge is 0.307 e. The normalized spacial score (nSPS) is 25.2. The lowest BCUT2D eigenvalue weighted by molar-refractivity contribution is -0.139. The molecule has 72 valence electrons. The average Bonchev–Trinajstić information content (AvgIpc) is 2.38. The third kappa shape index (κ3) is 2.33. The Morgan fingerprint density at radius 1 is 1.42 bits per heavy atom. The van der Waals surface area contributed by atoms with Crippen LogP contribution in [0.5, 0.6) is 0 Å². The first-order chi connectivity index (χ1) is 5.52. The molecule has 5 heteroatoms. The molecule has 1 aliphatic rings. The summed E-state index contributed by atoms with van der Waals surface area (Å²) in [5, 5.41) is 2.86. The molecule has 0 saturated carbocycles. The van der Waals surface area contributed by atoms with Gasteiger partial charge in [-0.25, -0.2) is 17.6 Å². The number of nitrogens with one attached hydrogen (secondary N) is 1. The van der Waals surface area contributed by atoms with Crippen molar-refractivity contribution in [3.63, 3.8) is 0 Å². The summed E-state index contributed by atoms with van der Waals surface area (Å²) in [7, 11) is 0. The molecule has 0 aromatic heterocycles. The van der Waals surface area contributed by atoms with Crippen molar-refractivity contribution in [3.8, 4) is 0 Å². The Bertz CT molecular complexity index is 142. The fourth-order valence-corrected chi connectivity index (χ4v) is 1.36.